The highest BCUT2D eigenvalue weighted by Crippen LogP contribution is 2.27. The first-order valence-electron chi connectivity index (χ1n) is 6.23. The zero-order valence-corrected chi connectivity index (χ0v) is 10.4. The molecule has 4 heteroatoms. The second-order valence-electron chi connectivity index (χ2n) is 4.46. The number of rotatable bonds is 3. The van der Waals surface area contributed by atoms with E-state index < -0.39 is 11.7 Å². The van der Waals surface area contributed by atoms with Crippen LogP contribution in [0.4, 0.5) is 10.1 Å². The Morgan fingerprint density at radius 3 is 2.83 bits per heavy atom. The third-order valence-corrected chi connectivity index (χ3v) is 3.32. The van der Waals surface area contributed by atoms with Crippen LogP contribution in [0, 0.1) is 11.7 Å². The van der Waals surface area contributed by atoms with Gasteiger partial charge in [-0.25, -0.2) is 4.39 Å². The van der Waals surface area contributed by atoms with E-state index in [9.17, 15) is 14.0 Å². The minimum Gasteiger partial charge on any atom is -0.309 e. The van der Waals surface area contributed by atoms with Crippen LogP contribution in [0.2, 0.25) is 0 Å². The number of piperidine rings is 1. The molecule has 0 aromatic heterocycles. The summed E-state index contributed by atoms with van der Waals surface area (Å²) >= 11 is 0. The molecule has 1 aliphatic rings. The van der Waals surface area contributed by atoms with Gasteiger partial charge in [-0.15, -0.1) is 0 Å². The minimum atomic E-state index is -0.594. The zero-order valence-electron chi connectivity index (χ0n) is 10.4. The average molecular weight is 249 g/mol. The molecule has 3 nitrogen and oxygen atoms in total. The highest BCUT2D eigenvalue weighted by molar-refractivity contribution is 6.08. The normalized spacial score (nSPS) is 20.0. The average Bonchev–Trinajstić information content (AvgIpc) is 2.39. The summed E-state index contributed by atoms with van der Waals surface area (Å²) in [5.74, 6) is -1.34. The van der Waals surface area contributed by atoms with Crippen LogP contribution >= 0.6 is 0 Å². The maximum absolute atomic E-state index is 13.7. The second-order valence-corrected chi connectivity index (χ2v) is 4.46. The van der Waals surface area contributed by atoms with Crippen LogP contribution in [0.15, 0.2) is 24.3 Å². The molecule has 1 aliphatic heterocycles. The summed E-state index contributed by atoms with van der Waals surface area (Å²) in [7, 11) is 0. The van der Waals surface area contributed by atoms with Crippen LogP contribution in [0.3, 0.4) is 0 Å². The Balaban J connectivity index is 2.27. The Morgan fingerprint density at radius 1 is 1.44 bits per heavy atom. The minimum absolute atomic E-state index is 0.0546. The van der Waals surface area contributed by atoms with Crippen LogP contribution in [-0.4, -0.2) is 18.2 Å². The van der Waals surface area contributed by atoms with Crippen LogP contribution in [-0.2, 0) is 9.59 Å². The molecule has 96 valence electrons. The fraction of sp³-hybridized carbons (Fsp3) is 0.429. The molecule has 1 heterocycles. The van der Waals surface area contributed by atoms with Gasteiger partial charge in [0.25, 0.3) is 0 Å². The number of carbonyl (C=O) groups excluding carboxylic acids is 2. The number of nitrogens with zero attached hydrogens (tertiary/aromatic N) is 1. The number of para-hydroxylation sites is 1. The van der Waals surface area contributed by atoms with E-state index in [4.69, 9.17) is 0 Å². The Hall–Kier alpha value is -1.71. The predicted octanol–water partition coefficient (Wildman–Crippen LogP) is 2.55. The van der Waals surface area contributed by atoms with Gasteiger partial charge in [-0.1, -0.05) is 19.1 Å². The van der Waals surface area contributed by atoms with Crippen LogP contribution in [0.1, 0.15) is 26.2 Å². The molecule has 1 aromatic carbocycles. The first-order valence-corrected chi connectivity index (χ1v) is 6.23. The van der Waals surface area contributed by atoms with Crippen molar-refractivity contribution >= 4 is 17.4 Å². The van der Waals surface area contributed by atoms with Gasteiger partial charge >= 0.3 is 0 Å². The van der Waals surface area contributed by atoms with Gasteiger partial charge in [0.15, 0.2) is 0 Å². The van der Waals surface area contributed by atoms with Gasteiger partial charge in [0, 0.05) is 13.0 Å². The van der Waals surface area contributed by atoms with Crippen molar-refractivity contribution in [2.75, 3.05) is 11.4 Å². The van der Waals surface area contributed by atoms with Crippen LogP contribution in [0.25, 0.3) is 0 Å². The van der Waals surface area contributed by atoms with Crippen molar-refractivity contribution in [3.8, 4) is 0 Å². The lowest BCUT2D eigenvalue weighted by atomic mass is 9.91. The number of hydrogen-bond donors (Lipinski definition) is 0. The Bertz CT molecular complexity index is 473. The maximum Gasteiger partial charge on any atom is 0.237 e. The molecule has 0 aliphatic carbocycles. The third-order valence-electron chi connectivity index (χ3n) is 3.32. The standard InChI is InChI=1S/C14H16FNO2/c1-2-13(17)10-6-5-9-16(14(10)18)12-8-4-3-7-11(12)15/h3-4,7-8,10H,2,5-6,9H2,1H3. The molecule has 0 saturated carbocycles. The van der Waals surface area contributed by atoms with E-state index in [0.29, 0.717) is 19.4 Å². The van der Waals surface area contributed by atoms with Crippen molar-refractivity contribution in [1.29, 1.82) is 0 Å². The molecular weight excluding hydrogens is 233 g/mol. The number of benzene rings is 1. The van der Waals surface area contributed by atoms with Gasteiger partial charge in [0.2, 0.25) is 5.91 Å². The lowest BCUT2D eigenvalue weighted by Gasteiger charge is -2.31. The van der Waals surface area contributed by atoms with Gasteiger partial charge in [0.05, 0.1) is 11.6 Å². The van der Waals surface area contributed by atoms with Gasteiger partial charge in [-0.3, -0.25) is 9.59 Å². The lowest BCUT2D eigenvalue weighted by Crippen LogP contribution is -2.44. The molecular formula is C14H16FNO2. The summed E-state index contributed by atoms with van der Waals surface area (Å²) in [4.78, 5) is 25.3. The molecule has 1 saturated heterocycles. The fourth-order valence-electron chi connectivity index (χ4n) is 2.33. The Kier molecular flexibility index (Phi) is 3.75. The van der Waals surface area contributed by atoms with Gasteiger partial charge < -0.3 is 4.90 Å². The number of carbonyl (C=O) groups is 2. The van der Waals surface area contributed by atoms with E-state index in [1.807, 2.05) is 0 Å². The number of amides is 1. The van der Waals surface area contributed by atoms with Crippen LogP contribution in [0.5, 0.6) is 0 Å². The molecule has 0 N–H and O–H groups in total. The fourth-order valence-corrected chi connectivity index (χ4v) is 2.33. The molecule has 18 heavy (non-hydrogen) atoms. The van der Waals surface area contributed by atoms with Crippen molar-refractivity contribution < 1.29 is 14.0 Å². The number of anilines is 1. The van der Waals surface area contributed by atoms with Crippen molar-refractivity contribution in [1.82, 2.24) is 0 Å². The largest absolute Gasteiger partial charge is 0.309 e. The monoisotopic (exact) mass is 249 g/mol. The number of ketones is 1. The van der Waals surface area contributed by atoms with E-state index in [-0.39, 0.29) is 17.4 Å². The van der Waals surface area contributed by atoms with Gasteiger partial charge in [0.1, 0.15) is 11.6 Å². The molecule has 1 aromatic rings. The smallest absolute Gasteiger partial charge is 0.237 e. The molecule has 0 bridgehead atoms. The summed E-state index contributed by atoms with van der Waals surface area (Å²) in [5, 5.41) is 0. The summed E-state index contributed by atoms with van der Waals surface area (Å²) < 4.78 is 13.7. The number of hydrogen-bond acceptors (Lipinski definition) is 2. The van der Waals surface area contributed by atoms with Crippen molar-refractivity contribution in [2.45, 2.75) is 26.2 Å². The molecule has 1 atom stereocenters. The quantitative estimate of drug-likeness (QED) is 0.772. The van der Waals surface area contributed by atoms with Crippen molar-refractivity contribution in [3.63, 3.8) is 0 Å². The lowest BCUT2D eigenvalue weighted by molar-refractivity contribution is -0.133. The second kappa shape index (κ2) is 5.29. The number of Topliss-reactive ketones (excluding diaryl/α,β-unsaturated/α-hetero) is 1. The molecule has 2 rings (SSSR count). The van der Waals surface area contributed by atoms with E-state index in [1.165, 1.54) is 11.0 Å². The van der Waals surface area contributed by atoms with Crippen molar-refractivity contribution in [2.24, 2.45) is 5.92 Å². The molecule has 1 amide bonds. The maximum atomic E-state index is 13.7. The summed E-state index contributed by atoms with van der Waals surface area (Å²) in [6.07, 6.45) is 1.66. The predicted molar refractivity (Wildman–Crippen MR) is 66.8 cm³/mol. The van der Waals surface area contributed by atoms with E-state index >= 15 is 0 Å². The summed E-state index contributed by atoms with van der Waals surface area (Å²) in [6, 6.07) is 6.18. The SMILES string of the molecule is CCC(=O)C1CCCN(c2ccccc2F)C1=O. The first kappa shape index (κ1) is 12.7. The van der Waals surface area contributed by atoms with E-state index in [2.05, 4.69) is 0 Å². The Labute approximate surface area is 106 Å². The summed E-state index contributed by atoms with van der Waals surface area (Å²) in [6.45, 7) is 2.23. The van der Waals surface area contributed by atoms with E-state index in [1.54, 1.807) is 25.1 Å². The highest BCUT2D eigenvalue weighted by Gasteiger charge is 2.34. The van der Waals surface area contributed by atoms with Crippen molar-refractivity contribution in [3.05, 3.63) is 30.1 Å². The molecule has 1 unspecified atom stereocenters. The van der Waals surface area contributed by atoms with Gasteiger partial charge in [-0.05, 0) is 25.0 Å². The first-order chi connectivity index (χ1) is 8.65. The molecule has 1 fully saturated rings. The number of halogens is 1. The molecule has 0 spiro atoms. The topological polar surface area (TPSA) is 37.4 Å². The zero-order chi connectivity index (χ0) is 13.1. The van der Waals surface area contributed by atoms with E-state index in [0.717, 1.165) is 6.42 Å². The van der Waals surface area contributed by atoms with Crippen LogP contribution < -0.4 is 4.90 Å². The summed E-state index contributed by atoms with van der Waals surface area (Å²) in [5.41, 5.74) is 0.274. The van der Waals surface area contributed by atoms with Gasteiger partial charge in [-0.2, -0.15) is 0 Å². The highest BCUT2D eigenvalue weighted by atomic mass is 19.1. The molecule has 0 radical (unpaired) electrons. The Morgan fingerprint density at radius 2 is 2.17 bits per heavy atom. The third kappa shape index (κ3) is 2.28.